The molecule has 84 valence electrons. The fraction of sp³-hybridized carbons (Fsp3) is 0.636. The molecule has 1 aromatic rings. The van der Waals surface area contributed by atoms with Gasteiger partial charge in [-0.25, -0.2) is 9.67 Å². The van der Waals surface area contributed by atoms with Gasteiger partial charge in [-0.15, -0.1) is 0 Å². The lowest BCUT2D eigenvalue weighted by molar-refractivity contribution is 0.539. The summed E-state index contributed by atoms with van der Waals surface area (Å²) in [4.78, 5) is 4.21. The molecule has 0 bridgehead atoms. The average Bonchev–Trinajstić information content (AvgIpc) is 2.50. The van der Waals surface area contributed by atoms with Crippen LogP contribution < -0.4 is 5.32 Å². The van der Waals surface area contributed by atoms with Crippen LogP contribution in [0, 0.1) is 5.92 Å². The van der Waals surface area contributed by atoms with Gasteiger partial charge in [0.25, 0.3) is 0 Å². The first kappa shape index (κ1) is 11.9. The Morgan fingerprint density at radius 3 is 2.93 bits per heavy atom. The van der Waals surface area contributed by atoms with E-state index >= 15 is 0 Å². The van der Waals surface area contributed by atoms with E-state index in [0.717, 1.165) is 31.0 Å². The highest BCUT2D eigenvalue weighted by molar-refractivity contribution is 4.90. The summed E-state index contributed by atoms with van der Waals surface area (Å²) in [5, 5.41) is 7.64. The molecular weight excluding hydrogens is 188 g/mol. The first-order chi connectivity index (χ1) is 7.08. The van der Waals surface area contributed by atoms with Crippen LogP contribution in [0.5, 0.6) is 0 Å². The summed E-state index contributed by atoms with van der Waals surface area (Å²) in [7, 11) is 0. The molecule has 1 aromatic heterocycles. The van der Waals surface area contributed by atoms with E-state index in [-0.39, 0.29) is 0 Å². The third-order valence-electron chi connectivity index (χ3n) is 1.85. The minimum atomic E-state index is 0.655. The first-order valence-corrected chi connectivity index (χ1v) is 5.31. The van der Waals surface area contributed by atoms with Crippen molar-refractivity contribution in [3.8, 4) is 0 Å². The molecule has 0 amide bonds. The van der Waals surface area contributed by atoms with E-state index in [1.807, 2.05) is 11.6 Å². The number of hydrogen-bond donors (Lipinski definition) is 1. The smallest absolute Gasteiger partial charge is 0.164 e. The average molecular weight is 208 g/mol. The minimum Gasteiger partial charge on any atom is -0.310 e. The molecule has 0 aliphatic rings. The largest absolute Gasteiger partial charge is 0.310 e. The van der Waals surface area contributed by atoms with Crippen LogP contribution in [0.25, 0.3) is 0 Å². The third-order valence-corrected chi connectivity index (χ3v) is 1.85. The van der Waals surface area contributed by atoms with Crippen LogP contribution in [-0.2, 0) is 13.1 Å². The van der Waals surface area contributed by atoms with Gasteiger partial charge in [0, 0.05) is 0 Å². The first-order valence-electron chi connectivity index (χ1n) is 5.31. The van der Waals surface area contributed by atoms with Crippen molar-refractivity contribution in [1.29, 1.82) is 0 Å². The molecule has 1 heterocycles. The standard InChI is InChI=1S/C11H20N4/c1-9(2)5-12-6-11-13-8-15(14-11)7-10(3)4/h8-9,12H,3,5-7H2,1-2,4H3. The highest BCUT2D eigenvalue weighted by atomic mass is 15.3. The van der Waals surface area contributed by atoms with Gasteiger partial charge in [0.1, 0.15) is 6.33 Å². The Morgan fingerprint density at radius 1 is 1.60 bits per heavy atom. The van der Waals surface area contributed by atoms with Crippen molar-refractivity contribution in [3.05, 3.63) is 24.3 Å². The topological polar surface area (TPSA) is 42.7 Å². The molecule has 1 rings (SSSR count). The zero-order valence-corrected chi connectivity index (χ0v) is 9.82. The molecule has 0 atom stereocenters. The van der Waals surface area contributed by atoms with Gasteiger partial charge in [0.15, 0.2) is 5.82 Å². The fourth-order valence-electron chi connectivity index (χ4n) is 1.24. The Hall–Kier alpha value is -1.16. The Morgan fingerprint density at radius 2 is 2.33 bits per heavy atom. The number of hydrogen-bond acceptors (Lipinski definition) is 3. The predicted molar refractivity (Wildman–Crippen MR) is 61.4 cm³/mol. The van der Waals surface area contributed by atoms with Crippen molar-refractivity contribution < 1.29 is 0 Å². The maximum absolute atomic E-state index is 4.33. The molecule has 4 nitrogen and oxygen atoms in total. The van der Waals surface area contributed by atoms with Crippen LogP contribution in [0.1, 0.15) is 26.6 Å². The zero-order chi connectivity index (χ0) is 11.3. The summed E-state index contributed by atoms with van der Waals surface area (Å²) in [6.07, 6.45) is 1.75. The number of allylic oxidation sites excluding steroid dienone is 1. The van der Waals surface area contributed by atoms with E-state index in [0.29, 0.717) is 5.92 Å². The molecule has 1 N–H and O–H groups in total. The molecule has 0 saturated carbocycles. The number of aromatic nitrogens is 3. The van der Waals surface area contributed by atoms with Crippen LogP contribution in [-0.4, -0.2) is 21.3 Å². The molecule has 4 heteroatoms. The second kappa shape index (κ2) is 5.66. The molecule has 0 aliphatic heterocycles. The second-order valence-electron chi connectivity index (χ2n) is 4.34. The SMILES string of the molecule is C=C(C)Cn1cnc(CNCC(C)C)n1. The van der Waals surface area contributed by atoms with Gasteiger partial charge in [-0.2, -0.15) is 5.10 Å². The van der Waals surface area contributed by atoms with Gasteiger partial charge in [-0.3, -0.25) is 0 Å². The summed E-state index contributed by atoms with van der Waals surface area (Å²) in [5.41, 5.74) is 1.08. The molecule has 0 aromatic carbocycles. The Labute approximate surface area is 91.4 Å². The van der Waals surface area contributed by atoms with E-state index in [9.17, 15) is 0 Å². The van der Waals surface area contributed by atoms with Gasteiger partial charge in [0.05, 0.1) is 13.1 Å². The van der Waals surface area contributed by atoms with E-state index in [4.69, 9.17) is 0 Å². The van der Waals surface area contributed by atoms with Crippen LogP contribution in [0.4, 0.5) is 0 Å². The zero-order valence-electron chi connectivity index (χ0n) is 9.82. The molecular formula is C11H20N4. The Kier molecular flexibility index (Phi) is 4.49. The van der Waals surface area contributed by atoms with Crippen molar-refractivity contribution in [2.45, 2.75) is 33.9 Å². The van der Waals surface area contributed by atoms with E-state index in [1.165, 1.54) is 0 Å². The second-order valence-corrected chi connectivity index (χ2v) is 4.34. The highest BCUT2D eigenvalue weighted by Crippen LogP contribution is 1.96. The monoisotopic (exact) mass is 208 g/mol. The van der Waals surface area contributed by atoms with E-state index in [1.54, 1.807) is 6.33 Å². The maximum atomic E-state index is 4.33. The van der Waals surface area contributed by atoms with Gasteiger partial charge < -0.3 is 5.32 Å². The molecule has 0 unspecified atom stereocenters. The Balaban J connectivity index is 2.36. The molecule has 0 fully saturated rings. The van der Waals surface area contributed by atoms with Crippen LogP contribution in [0.3, 0.4) is 0 Å². The van der Waals surface area contributed by atoms with Gasteiger partial charge in [-0.1, -0.05) is 26.0 Å². The van der Waals surface area contributed by atoms with Crippen molar-refractivity contribution in [2.75, 3.05) is 6.54 Å². The minimum absolute atomic E-state index is 0.655. The lowest BCUT2D eigenvalue weighted by Crippen LogP contribution is -2.19. The van der Waals surface area contributed by atoms with Crippen molar-refractivity contribution in [1.82, 2.24) is 20.1 Å². The van der Waals surface area contributed by atoms with Crippen molar-refractivity contribution >= 4 is 0 Å². The quantitative estimate of drug-likeness (QED) is 0.722. The van der Waals surface area contributed by atoms with Crippen LogP contribution in [0.15, 0.2) is 18.5 Å². The summed E-state index contributed by atoms with van der Waals surface area (Å²) < 4.78 is 1.81. The Bertz CT molecular complexity index is 314. The third kappa shape index (κ3) is 4.74. The highest BCUT2D eigenvalue weighted by Gasteiger charge is 2.00. The molecule has 0 aliphatic carbocycles. The van der Waals surface area contributed by atoms with Crippen molar-refractivity contribution in [3.63, 3.8) is 0 Å². The molecule has 0 spiro atoms. The van der Waals surface area contributed by atoms with Gasteiger partial charge >= 0.3 is 0 Å². The van der Waals surface area contributed by atoms with Gasteiger partial charge in [-0.05, 0) is 19.4 Å². The number of nitrogens with zero attached hydrogens (tertiary/aromatic N) is 3. The summed E-state index contributed by atoms with van der Waals surface area (Å²) >= 11 is 0. The van der Waals surface area contributed by atoms with Crippen LogP contribution >= 0.6 is 0 Å². The molecule has 0 saturated heterocycles. The summed E-state index contributed by atoms with van der Waals surface area (Å²) in [5.74, 6) is 1.50. The molecule has 0 radical (unpaired) electrons. The number of rotatable bonds is 6. The van der Waals surface area contributed by atoms with E-state index < -0.39 is 0 Å². The summed E-state index contributed by atoms with van der Waals surface area (Å²) in [6.45, 7) is 12.7. The maximum Gasteiger partial charge on any atom is 0.164 e. The molecule has 15 heavy (non-hydrogen) atoms. The fourth-order valence-corrected chi connectivity index (χ4v) is 1.24. The summed E-state index contributed by atoms with van der Waals surface area (Å²) in [6, 6.07) is 0. The van der Waals surface area contributed by atoms with Crippen LogP contribution in [0.2, 0.25) is 0 Å². The van der Waals surface area contributed by atoms with E-state index in [2.05, 4.69) is 35.8 Å². The lowest BCUT2D eigenvalue weighted by Gasteiger charge is -2.04. The lowest BCUT2D eigenvalue weighted by atomic mass is 10.2. The van der Waals surface area contributed by atoms with Crippen molar-refractivity contribution in [2.24, 2.45) is 5.92 Å². The number of nitrogens with one attached hydrogen (secondary N) is 1. The van der Waals surface area contributed by atoms with Gasteiger partial charge in [0.2, 0.25) is 0 Å². The normalized spacial score (nSPS) is 10.9. The predicted octanol–water partition coefficient (Wildman–Crippen LogP) is 1.60.